The molecular formula is C42H43BCl2N14NaO4S2. The van der Waals surface area contributed by atoms with E-state index in [0.29, 0.717) is 80.0 Å². The Bertz CT molecular complexity index is 3170. The van der Waals surface area contributed by atoms with Crippen molar-refractivity contribution in [3.8, 4) is 11.4 Å². The number of nitrogens with two attached hydrogens (primary N) is 2. The number of fused-ring (bicyclic) bond motifs is 2. The van der Waals surface area contributed by atoms with Crippen molar-refractivity contribution in [2.75, 3.05) is 34.4 Å². The van der Waals surface area contributed by atoms with Crippen molar-refractivity contribution in [3.05, 3.63) is 151 Å². The van der Waals surface area contributed by atoms with Crippen molar-refractivity contribution in [3.63, 3.8) is 0 Å². The van der Waals surface area contributed by atoms with E-state index in [9.17, 15) is 19.5 Å². The van der Waals surface area contributed by atoms with Crippen LogP contribution in [0, 0.1) is 0 Å². The van der Waals surface area contributed by atoms with E-state index in [2.05, 4.69) is 19.9 Å². The predicted octanol–water partition coefficient (Wildman–Crippen LogP) is 2.14. The summed E-state index contributed by atoms with van der Waals surface area (Å²) < 4.78 is 6.16. The zero-order valence-electron chi connectivity index (χ0n) is 36.8. The molecule has 2 aromatic carbocycles. The standard InChI is InChI=1S/C21H20ClN7O2.C21H18ClN7O2.B.Na.2H2S.H/c2*1-12(30)14-11-24-21(23)25-18(14)27-9-8-16(27)19-26-28-10-7-15(22)17(28)20(31)29(19)13-5-3-2-4-6-13;;;;;/h2-7,10-12,16,30H,8-9H2,1H3,(H2,23,24,25);2-7,10-11,16H,8-9H2,1H3,(H2,23,24,25);;;2*1H2;/q;;;+1;;;-1/t12?,16-;16-;;;;;/m00...../s1. The molecule has 24 heteroatoms. The molecule has 10 rings (SSSR count). The van der Waals surface area contributed by atoms with Crippen LogP contribution in [0.5, 0.6) is 0 Å². The van der Waals surface area contributed by atoms with Gasteiger partial charge in [-0.05, 0) is 63.1 Å². The molecule has 0 aliphatic carbocycles. The Hall–Kier alpha value is -5.39. The van der Waals surface area contributed by atoms with Crippen LogP contribution in [0.15, 0.2) is 107 Å². The zero-order chi connectivity index (χ0) is 43.4. The van der Waals surface area contributed by atoms with E-state index in [4.69, 9.17) is 44.9 Å². The summed E-state index contributed by atoms with van der Waals surface area (Å²) in [6.45, 7) is 4.42. The molecule has 2 aliphatic rings. The van der Waals surface area contributed by atoms with E-state index in [1.807, 2.05) is 70.5 Å². The van der Waals surface area contributed by atoms with Gasteiger partial charge in [-0.3, -0.25) is 23.5 Å². The number of ketones is 1. The largest absolute Gasteiger partial charge is 1.00 e. The number of rotatable bonds is 8. The molecule has 3 atom stereocenters. The maximum absolute atomic E-state index is 13.5. The monoisotopic (exact) mass is 975 g/mol. The van der Waals surface area contributed by atoms with Crippen LogP contribution >= 0.6 is 50.2 Å². The molecule has 8 aromatic rings. The van der Waals surface area contributed by atoms with Crippen molar-refractivity contribution in [1.29, 1.82) is 0 Å². The Kier molecular flexibility index (Phi) is 16.5. The van der Waals surface area contributed by atoms with Gasteiger partial charge in [-0.2, -0.15) is 47.2 Å². The van der Waals surface area contributed by atoms with Crippen LogP contribution in [0.25, 0.3) is 22.4 Å². The van der Waals surface area contributed by atoms with Gasteiger partial charge < -0.3 is 27.8 Å². The molecule has 0 spiro atoms. The maximum Gasteiger partial charge on any atom is 1.00 e. The summed E-state index contributed by atoms with van der Waals surface area (Å²) in [7, 11) is 0. The van der Waals surface area contributed by atoms with Gasteiger partial charge in [0.25, 0.3) is 11.1 Å². The van der Waals surface area contributed by atoms with Crippen molar-refractivity contribution in [1.82, 2.24) is 48.3 Å². The number of aromatic nitrogens is 10. The minimum atomic E-state index is -0.771. The fraction of sp³-hybridized carbons (Fsp3) is 0.214. The summed E-state index contributed by atoms with van der Waals surface area (Å²) in [5.41, 5.74) is 14.0. The summed E-state index contributed by atoms with van der Waals surface area (Å²) in [6, 6.07) is 21.4. The SMILES string of the molecule is CC(=O)c1cnc(N)nc1N1CC[C@H]1c1nn2ccc(Cl)c2c(=O)n1-c1ccccc1.CC(O)c1cnc(N)nc1N1CC[C@H]1c1nn2ccc(Cl)c2c(=O)n1-c1ccccc1.S.S.[B].[H-].[Na+]. The second kappa shape index (κ2) is 21.1. The van der Waals surface area contributed by atoms with E-state index < -0.39 is 6.10 Å². The number of aliphatic hydroxyl groups is 1. The maximum atomic E-state index is 13.5. The number of anilines is 4. The van der Waals surface area contributed by atoms with Crippen molar-refractivity contribution in [2.24, 2.45) is 0 Å². The Morgan fingerprint density at radius 1 is 0.727 bits per heavy atom. The average molecular weight is 977 g/mol. The molecule has 6 aromatic heterocycles. The van der Waals surface area contributed by atoms with Crippen molar-refractivity contribution >= 4 is 99.0 Å². The number of halogens is 2. The summed E-state index contributed by atoms with van der Waals surface area (Å²) in [5.74, 6) is 2.08. The molecule has 0 amide bonds. The summed E-state index contributed by atoms with van der Waals surface area (Å²) >= 11 is 12.5. The molecule has 2 saturated heterocycles. The van der Waals surface area contributed by atoms with Gasteiger partial charge in [0.2, 0.25) is 11.9 Å². The molecule has 66 heavy (non-hydrogen) atoms. The third-order valence-electron chi connectivity index (χ3n) is 11.0. The number of hydrogen-bond acceptors (Lipinski definition) is 14. The molecule has 3 radical (unpaired) electrons. The van der Waals surface area contributed by atoms with Crippen molar-refractivity contribution < 1.29 is 40.9 Å². The Balaban J connectivity index is 0.000000272. The molecule has 0 bridgehead atoms. The number of nitrogen functional groups attached to an aromatic ring is 2. The molecule has 335 valence electrons. The number of hydrogen-bond donors (Lipinski definition) is 3. The molecular weight excluding hydrogens is 933 g/mol. The van der Waals surface area contributed by atoms with Gasteiger partial charge >= 0.3 is 29.6 Å². The Morgan fingerprint density at radius 3 is 1.56 bits per heavy atom. The van der Waals surface area contributed by atoms with E-state index in [1.165, 1.54) is 28.3 Å². The van der Waals surface area contributed by atoms with Gasteiger partial charge in [-0.15, -0.1) is 0 Å². The van der Waals surface area contributed by atoms with Crippen molar-refractivity contribution in [2.45, 2.75) is 44.9 Å². The molecule has 5 N–H and O–H groups in total. The molecule has 2 fully saturated rings. The third kappa shape index (κ3) is 9.30. The van der Waals surface area contributed by atoms with Crippen LogP contribution < -0.4 is 61.9 Å². The molecule has 8 heterocycles. The first-order valence-corrected chi connectivity index (χ1v) is 20.3. The van der Waals surface area contributed by atoms with Gasteiger partial charge in [-0.1, -0.05) is 59.6 Å². The predicted molar refractivity (Wildman–Crippen MR) is 262 cm³/mol. The first-order valence-electron chi connectivity index (χ1n) is 19.6. The molecule has 1 unspecified atom stereocenters. The Morgan fingerprint density at radius 2 is 1.15 bits per heavy atom. The van der Waals surface area contributed by atoms with Crippen LogP contribution in [0.3, 0.4) is 0 Å². The summed E-state index contributed by atoms with van der Waals surface area (Å²) in [6.07, 6.45) is 7.00. The van der Waals surface area contributed by atoms with E-state index >= 15 is 0 Å². The van der Waals surface area contributed by atoms with E-state index in [0.717, 1.165) is 12.8 Å². The second-order valence-electron chi connectivity index (χ2n) is 14.8. The first kappa shape index (κ1) is 51.6. The fourth-order valence-corrected chi connectivity index (χ4v) is 8.22. The number of para-hydroxylation sites is 2. The van der Waals surface area contributed by atoms with Gasteiger partial charge in [0.15, 0.2) is 17.4 Å². The smallest absolute Gasteiger partial charge is 1.00 e. The number of benzene rings is 2. The van der Waals surface area contributed by atoms with Gasteiger partial charge in [-0.25, -0.2) is 19.0 Å². The minimum absolute atomic E-state index is 0. The van der Waals surface area contributed by atoms with Gasteiger partial charge in [0.05, 0.1) is 45.2 Å². The number of nitrogens with zero attached hydrogens (tertiary/aromatic N) is 12. The average Bonchev–Trinajstić information content (AvgIpc) is 3.79. The third-order valence-corrected chi connectivity index (χ3v) is 11.6. The first-order chi connectivity index (χ1) is 29.9. The van der Waals surface area contributed by atoms with E-state index in [1.54, 1.807) is 40.6 Å². The second-order valence-corrected chi connectivity index (χ2v) is 15.6. The van der Waals surface area contributed by atoms with Crippen LogP contribution in [0.4, 0.5) is 23.5 Å². The summed E-state index contributed by atoms with van der Waals surface area (Å²) in [5, 5.41) is 20.4. The van der Waals surface area contributed by atoms with Crippen LogP contribution in [-0.2, 0) is 0 Å². The zero-order valence-corrected chi connectivity index (χ0v) is 41.3. The minimum Gasteiger partial charge on any atom is -1.00 e. The number of aliphatic hydroxyl groups excluding tert-OH is 1. The normalized spacial score (nSPS) is 15.4. The number of carbonyl (C=O) groups is 1. The number of Topliss-reactive ketones (excluding diaryl/α,β-unsaturated/α-hetero) is 1. The Labute approximate surface area is 426 Å². The van der Waals surface area contributed by atoms with Gasteiger partial charge in [0, 0.05) is 51.9 Å². The van der Waals surface area contributed by atoms with E-state index in [-0.39, 0.29) is 107 Å². The summed E-state index contributed by atoms with van der Waals surface area (Å²) in [4.78, 5) is 59.6. The topological polar surface area (TPSA) is 226 Å². The van der Waals surface area contributed by atoms with Crippen LogP contribution in [0.1, 0.15) is 73.9 Å². The molecule has 0 saturated carbocycles. The van der Waals surface area contributed by atoms with Crippen LogP contribution in [0.2, 0.25) is 10.0 Å². The molecule has 18 nitrogen and oxygen atoms in total. The van der Waals surface area contributed by atoms with Gasteiger partial charge in [0.1, 0.15) is 22.7 Å². The fourth-order valence-electron chi connectivity index (χ4n) is 7.77. The van der Waals surface area contributed by atoms with Crippen LogP contribution in [-0.4, -0.2) is 80.7 Å². The quantitative estimate of drug-likeness (QED) is 0.147. The number of carbonyl (C=O) groups excluding carboxylic acids is 1. The molecule has 2 aliphatic heterocycles.